The first-order valence-electron chi connectivity index (χ1n) is 8.22. The van der Waals surface area contributed by atoms with E-state index in [0.29, 0.717) is 18.4 Å². The number of hydrogen-bond donors (Lipinski definition) is 2. The first-order valence-corrected chi connectivity index (χ1v) is 8.22. The van der Waals surface area contributed by atoms with E-state index in [2.05, 4.69) is 20.6 Å². The van der Waals surface area contributed by atoms with Crippen LogP contribution in [-0.2, 0) is 6.42 Å². The average molecular weight is 308 g/mol. The molecule has 4 rings (SSSR count). The van der Waals surface area contributed by atoms with Crippen molar-refractivity contribution in [3.05, 3.63) is 41.1 Å². The maximum absolute atomic E-state index is 11.9. The second kappa shape index (κ2) is 5.65. The lowest BCUT2D eigenvalue weighted by molar-refractivity contribution is 0.0972. The summed E-state index contributed by atoms with van der Waals surface area (Å²) in [5.41, 5.74) is 3.97. The molecule has 118 valence electrons. The van der Waals surface area contributed by atoms with E-state index < -0.39 is 0 Å². The van der Waals surface area contributed by atoms with Gasteiger partial charge in [-0.15, -0.1) is 0 Å². The van der Waals surface area contributed by atoms with Crippen molar-refractivity contribution in [3.63, 3.8) is 0 Å². The van der Waals surface area contributed by atoms with Crippen LogP contribution in [0.1, 0.15) is 47.2 Å². The van der Waals surface area contributed by atoms with Crippen molar-refractivity contribution in [2.75, 3.05) is 10.6 Å². The number of anilines is 3. The molecule has 0 spiro atoms. The highest BCUT2D eigenvalue weighted by molar-refractivity contribution is 5.98. The predicted molar refractivity (Wildman–Crippen MR) is 90.4 cm³/mol. The van der Waals surface area contributed by atoms with E-state index in [0.717, 1.165) is 41.0 Å². The number of nitrogens with zero attached hydrogens (tertiary/aromatic N) is 2. The minimum absolute atomic E-state index is 0.250. The zero-order chi connectivity index (χ0) is 15.8. The van der Waals surface area contributed by atoms with E-state index in [1.807, 2.05) is 31.3 Å². The topological polar surface area (TPSA) is 66.9 Å². The van der Waals surface area contributed by atoms with Gasteiger partial charge in [-0.25, -0.2) is 4.98 Å². The first-order chi connectivity index (χ1) is 11.2. The summed E-state index contributed by atoms with van der Waals surface area (Å²) in [4.78, 5) is 20.8. The van der Waals surface area contributed by atoms with Crippen LogP contribution in [0.3, 0.4) is 0 Å². The molecule has 1 heterocycles. The summed E-state index contributed by atoms with van der Waals surface area (Å²) in [6, 6.07) is 6.45. The van der Waals surface area contributed by atoms with Crippen molar-refractivity contribution >= 4 is 23.2 Å². The van der Waals surface area contributed by atoms with Gasteiger partial charge in [-0.2, -0.15) is 4.98 Å². The Bertz CT molecular complexity index is 768. The molecule has 2 aromatic rings. The van der Waals surface area contributed by atoms with Crippen molar-refractivity contribution in [2.45, 2.75) is 45.1 Å². The number of carbonyl (C=O) groups excluding carboxylic acids is 1. The van der Waals surface area contributed by atoms with Gasteiger partial charge in [0.1, 0.15) is 5.82 Å². The largest absolute Gasteiger partial charge is 0.367 e. The number of ketones is 1. The molecular weight excluding hydrogens is 288 g/mol. The molecule has 5 heteroatoms. The Morgan fingerprint density at radius 2 is 2.09 bits per heavy atom. The molecule has 2 aliphatic rings. The second-order valence-electron chi connectivity index (χ2n) is 6.42. The van der Waals surface area contributed by atoms with Crippen molar-refractivity contribution < 1.29 is 4.79 Å². The Balaban J connectivity index is 1.56. The van der Waals surface area contributed by atoms with Gasteiger partial charge in [-0.3, -0.25) is 4.79 Å². The summed E-state index contributed by atoms with van der Waals surface area (Å²) >= 11 is 0. The van der Waals surface area contributed by atoms with Gasteiger partial charge >= 0.3 is 0 Å². The summed E-state index contributed by atoms with van der Waals surface area (Å²) in [7, 11) is 0. The van der Waals surface area contributed by atoms with Crippen LogP contribution in [0.4, 0.5) is 17.5 Å². The van der Waals surface area contributed by atoms with Crippen molar-refractivity contribution in [1.29, 1.82) is 0 Å². The Morgan fingerprint density at radius 1 is 1.22 bits per heavy atom. The summed E-state index contributed by atoms with van der Waals surface area (Å²) in [5.74, 6) is 1.74. The molecule has 2 aliphatic carbocycles. The summed E-state index contributed by atoms with van der Waals surface area (Å²) < 4.78 is 0. The van der Waals surface area contributed by atoms with E-state index in [1.165, 1.54) is 12.8 Å². The highest BCUT2D eigenvalue weighted by atomic mass is 16.1. The predicted octanol–water partition coefficient (Wildman–Crippen LogP) is 3.62. The second-order valence-corrected chi connectivity index (χ2v) is 6.42. The maximum Gasteiger partial charge on any atom is 0.229 e. The quantitative estimate of drug-likeness (QED) is 0.903. The highest BCUT2D eigenvalue weighted by Gasteiger charge is 2.22. The lowest BCUT2D eigenvalue weighted by Gasteiger charge is -2.16. The Kier molecular flexibility index (Phi) is 3.48. The van der Waals surface area contributed by atoms with Crippen molar-refractivity contribution in [1.82, 2.24) is 9.97 Å². The molecule has 23 heavy (non-hydrogen) atoms. The minimum atomic E-state index is 0.250. The van der Waals surface area contributed by atoms with Gasteiger partial charge in [0.25, 0.3) is 0 Å². The first kappa shape index (κ1) is 14.2. The minimum Gasteiger partial charge on any atom is -0.367 e. The van der Waals surface area contributed by atoms with Crippen LogP contribution < -0.4 is 10.6 Å². The summed E-state index contributed by atoms with van der Waals surface area (Å²) in [5, 5.41) is 6.69. The number of aromatic nitrogens is 2. The van der Waals surface area contributed by atoms with Gasteiger partial charge in [0.15, 0.2) is 5.78 Å². The monoisotopic (exact) mass is 308 g/mol. The summed E-state index contributed by atoms with van der Waals surface area (Å²) in [6.07, 6.45) is 6.82. The molecule has 1 aromatic heterocycles. The van der Waals surface area contributed by atoms with Crippen LogP contribution in [0.15, 0.2) is 24.4 Å². The Morgan fingerprint density at radius 3 is 2.91 bits per heavy atom. The average Bonchev–Trinajstić information content (AvgIpc) is 3.35. The molecule has 0 amide bonds. The van der Waals surface area contributed by atoms with E-state index in [9.17, 15) is 4.79 Å². The van der Waals surface area contributed by atoms with Gasteiger partial charge in [0, 0.05) is 35.5 Å². The molecule has 1 aromatic carbocycles. The fourth-order valence-corrected chi connectivity index (χ4v) is 2.92. The molecule has 1 saturated carbocycles. The van der Waals surface area contributed by atoms with E-state index >= 15 is 0 Å². The molecule has 2 N–H and O–H groups in total. The lowest BCUT2D eigenvalue weighted by atomic mass is 9.90. The molecule has 0 saturated heterocycles. The Hall–Kier alpha value is -2.43. The zero-order valence-electron chi connectivity index (χ0n) is 13.2. The smallest absolute Gasteiger partial charge is 0.229 e. The zero-order valence-corrected chi connectivity index (χ0v) is 13.2. The van der Waals surface area contributed by atoms with E-state index in [-0.39, 0.29) is 5.78 Å². The molecule has 0 radical (unpaired) electrons. The third-order valence-corrected chi connectivity index (χ3v) is 4.40. The Labute approximate surface area is 135 Å². The van der Waals surface area contributed by atoms with Gasteiger partial charge in [0.05, 0.1) is 0 Å². The normalized spacial score (nSPS) is 16.8. The van der Waals surface area contributed by atoms with Crippen molar-refractivity contribution in [2.24, 2.45) is 0 Å². The third-order valence-electron chi connectivity index (χ3n) is 4.40. The van der Waals surface area contributed by atoms with Crippen molar-refractivity contribution in [3.8, 4) is 0 Å². The SMILES string of the molecule is Cc1cnc(Nc2ccc3c(c2)CCCC3=O)nc1NC1CC1. The standard InChI is InChI=1S/C18H20N4O/c1-11-10-19-18(22-17(11)20-13-5-6-13)21-14-7-8-15-12(9-14)3-2-4-16(15)23/h7-10,13H,2-6H2,1H3,(H2,19,20,21,22). The van der Waals surface area contributed by atoms with Gasteiger partial charge < -0.3 is 10.6 Å². The van der Waals surface area contributed by atoms with Crippen LogP contribution in [0.25, 0.3) is 0 Å². The van der Waals surface area contributed by atoms with E-state index in [4.69, 9.17) is 0 Å². The molecule has 5 nitrogen and oxygen atoms in total. The number of nitrogens with one attached hydrogen (secondary N) is 2. The molecule has 0 aliphatic heterocycles. The number of aryl methyl sites for hydroxylation is 2. The van der Waals surface area contributed by atoms with Gasteiger partial charge in [0.2, 0.25) is 5.95 Å². The third kappa shape index (κ3) is 3.04. The maximum atomic E-state index is 11.9. The summed E-state index contributed by atoms with van der Waals surface area (Å²) in [6.45, 7) is 2.01. The number of hydrogen-bond acceptors (Lipinski definition) is 5. The van der Waals surface area contributed by atoms with Gasteiger partial charge in [-0.1, -0.05) is 0 Å². The fraction of sp³-hybridized carbons (Fsp3) is 0.389. The van der Waals surface area contributed by atoms with Crippen LogP contribution in [0.2, 0.25) is 0 Å². The van der Waals surface area contributed by atoms with Crippen LogP contribution in [-0.4, -0.2) is 21.8 Å². The number of carbonyl (C=O) groups is 1. The van der Waals surface area contributed by atoms with Crippen LogP contribution in [0.5, 0.6) is 0 Å². The lowest BCUT2D eigenvalue weighted by Crippen LogP contribution is -2.11. The van der Waals surface area contributed by atoms with E-state index in [1.54, 1.807) is 0 Å². The van der Waals surface area contributed by atoms with Crippen LogP contribution in [0, 0.1) is 6.92 Å². The number of Topliss-reactive ketones (excluding diaryl/α,β-unsaturated/α-hetero) is 1. The molecule has 1 fully saturated rings. The highest BCUT2D eigenvalue weighted by Crippen LogP contribution is 2.27. The fourth-order valence-electron chi connectivity index (χ4n) is 2.92. The number of fused-ring (bicyclic) bond motifs is 1. The molecule has 0 atom stereocenters. The molecule has 0 unspecified atom stereocenters. The number of benzene rings is 1. The number of rotatable bonds is 4. The molecular formula is C18H20N4O. The molecule has 0 bridgehead atoms. The van der Waals surface area contributed by atoms with Crippen LogP contribution >= 0.6 is 0 Å². The van der Waals surface area contributed by atoms with Gasteiger partial charge in [-0.05, 0) is 56.4 Å².